The number of aromatic nitrogens is 2. The maximum atomic E-state index is 5.50. The average molecular weight is 348 g/mol. The number of ether oxygens (including phenoxy) is 1. The highest BCUT2D eigenvalue weighted by Crippen LogP contribution is 2.19. The topological polar surface area (TPSA) is 48.0 Å². The van der Waals surface area contributed by atoms with Gasteiger partial charge in [0, 0.05) is 76.9 Å². The molecule has 0 N–H and O–H groups in total. The van der Waals surface area contributed by atoms with E-state index < -0.39 is 0 Å². The van der Waals surface area contributed by atoms with Crippen LogP contribution in [0.5, 0.6) is 0 Å². The summed E-state index contributed by atoms with van der Waals surface area (Å²) in [5.41, 5.74) is 1.17. The molecule has 0 bridgehead atoms. The zero-order valence-corrected chi connectivity index (χ0v) is 16.1. The van der Waals surface area contributed by atoms with Crippen molar-refractivity contribution in [2.75, 3.05) is 72.4 Å². The highest BCUT2D eigenvalue weighted by atomic mass is 16.5. The average Bonchev–Trinajstić information content (AvgIpc) is 2.96. The number of likely N-dealkylation sites (N-methyl/N-ethyl adjacent to an activating group) is 3. The molecule has 7 nitrogen and oxygen atoms in total. The van der Waals surface area contributed by atoms with E-state index in [0.29, 0.717) is 12.1 Å². The van der Waals surface area contributed by atoms with Crippen LogP contribution in [0.25, 0.3) is 0 Å². The molecule has 0 aromatic carbocycles. The molecule has 2 fully saturated rings. The van der Waals surface area contributed by atoms with E-state index in [4.69, 9.17) is 4.74 Å². The van der Waals surface area contributed by atoms with Gasteiger partial charge in [-0.15, -0.1) is 0 Å². The van der Waals surface area contributed by atoms with Crippen LogP contribution < -0.4 is 4.90 Å². The fraction of sp³-hybridized carbons (Fsp3) is 0.778. The van der Waals surface area contributed by atoms with Crippen molar-refractivity contribution in [1.29, 1.82) is 0 Å². The third-order valence-corrected chi connectivity index (χ3v) is 5.44. The molecule has 2 atom stereocenters. The first kappa shape index (κ1) is 18.5. The highest BCUT2D eigenvalue weighted by molar-refractivity contribution is 5.30. The van der Waals surface area contributed by atoms with Gasteiger partial charge >= 0.3 is 0 Å². The summed E-state index contributed by atoms with van der Waals surface area (Å²) in [7, 11) is 8.32. The second-order valence-corrected chi connectivity index (χ2v) is 7.57. The third kappa shape index (κ3) is 4.88. The van der Waals surface area contributed by atoms with Crippen molar-refractivity contribution in [1.82, 2.24) is 24.7 Å². The summed E-state index contributed by atoms with van der Waals surface area (Å²) < 4.78 is 5.50. The molecule has 3 heterocycles. The third-order valence-electron chi connectivity index (χ3n) is 5.44. The molecule has 2 aliphatic rings. The second-order valence-electron chi connectivity index (χ2n) is 7.57. The number of hydrogen-bond donors (Lipinski definition) is 0. The number of anilines is 1. The molecule has 3 rings (SSSR count). The molecule has 1 aromatic heterocycles. The number of nitrogens with zero attached hydrogens (tertiary/aromatic N) is 6. The van der Waals surface area contributed by atoms with Gasteiger partial charge in [-0.05, 0) is 27.6 Å². The van der Waals surface area contributed by atoms with Crippen LogP contribution in [0.4, 0.5) is 5.95 Å². The van der Waals surface area contributed by atoms with Gasteiger partial charge in [-0.3, -0.25) is 4.90 Å². The minimum atomic E-state index is 0.370. The van der Waals surface area contributed by atoms with E-state index in [1.807, 2.05) is 19.5 Å². The second kappa shape index (κ2) is 8.40. The van der Waals surface area contributed by atoms with Gasteiger partial charge in [0.25, 0.3) is 0 Å². The van der Waals surface area contributed by atoms with Gasteiger partial charge in [0.15, 0.2) is 0 Å². The first-order chi connectivity index (χ1) is 12.0. The summed E-state index contributed by atoms with van der Waals surface area (Å²) in [5.74, 6) is 0.859. The van der Waals surface area contributed by atoms with Crippen LogP contribution in [-0.2, 0) is 11.3 Å². The molecule has 0 spiro atoms. The molecule has 2 saturated heterocycles. The fourth-order valence-corrected chi connectivity index (χ4v) is 3.75. The van der Waals surface area contributed by atoms with Crippen molar-refractivity contribution in [2.24, 2.45) is 0 Å². The van der Waals surface area contributed by atoms with Crippen molar-refractivity contribution in [3.8, 4) is 0 Å². The molecule has 1 aromatic rings. The fourth-order valence-electron chi connectivity index (χ4n) is 3.75. The Labute approximate surface area is 151 Å². The van der Waals surface area contributed by atoms with E-state index >= 15 is 0 Å². The molecule has 7 heteroatoms. The van der Waals surface area contributed by atoms with Crippen LogP contribution in [0.1, 0.15) is 12.0 Å². The number of methoxy groups -OCH3 is 1. The lowest BCUT2D eigenvalue weighted by Crippen LogP contribution is -2.45. The number of hydrogen-bond acceptors (Lipinski definition) is 7. The normalized spacial score (nSPS) is 25.9. The Kier molecular flexibility index (Phi) is 6.22. The Balaban J connectivity index is 1.49. The summed E-state index contributed by atoms with van der Waals surface area (Å²) in [4.78, 5) is 18.5. The van der Waals surface area contributed by atoms with Crippen molar-refractivity contribution >= 4 is 5.95 Å². The van der Waals surface area contributed by atoms with Crippen LogP contribution >= 0.6 is 0 Å². The first-order valence-electron chi connectivity index (χ1n) is 9.21. The Morgan fingerprint density at radius 2 is 1.84 bits per heavy atom. The number of rotatable bonds is 6. The Morgan fingerprint density at radius 3 is 2.44 bits per heavy atom. The lowest BCUT2D eigenvalue weighted by atomic mass is 10.2. The smallest absolute Gasteiger partial charge is 0.225 e. The zero-order valence-electron chi connectivity index (χ0n) is 16.1. The molecule has 140 valence electrons. The lowest BCUT2D eigenvalue weighted by Gasteiger charge is -2.32. The highest BCUT2D eigenvalue weighted by Gasteiger charge is 2.30. The largest absolute Gasteiger partial charge is 0.380 e. The molecule has 25 heavy (non-hydrogen) atoms. The van der Waals surface area contributed by atoms with Crippen molar-refractivity contribution < 1.29 is 4.74 Å². The SMILES string of the molecule is CO[C@H]1C[C@@H](CN(C)Cc2cnc(N3CCN(C)CC3)nc2)N(C)C1. The molecule has 0 saturated carbocycles. The van der Waals surface area contributed by atoms with Crippen molar-refractivity contribution in [3.05, 3.63) is 18.0 Å². The van der Waals surface area contributed by atoms with E-state index in [1.165, 1.54) is 5.56 Å². The van der Waals surface area contributed by atoms with Gasteiger partial charge in [0.1, 0.15) is 0 Å². The van der Waals surface area contributed by atoms with Crippen LogP contribution in [0, 0.1) is 0 Å². The van der Waals surface area contributed by atoms with Gasteiger partial charge in [-0.25, -0.2) is 9.97 Å². The summed E-state index contributed by atoms with van der Waals surface area (Å²) in [5, 5.41) is 0. The molecule has 0 radical (unpaired) electrons. The van der Waals surface area contributed by atoms with Crippen LogP contribution in [-0.4, -0.2) is 104 Å². The van der Waals surface area contributed by atoms with E-state index in [-0.39, 0.29) is 0 Å². The van der Waals surface area contributed by atoms with E-state index in [1.54, 1.807) is 0 Å². The Hall–Kier alpha value is -1.28. The van der Waals surface area contributed by atoms with Crippen molar-refractivity contribution in [2.45, 2.75) is 25.1 Å². The van der Waals surface area contributed by atoms with E-state index in [2.05, 4.69) is 50.7 Å². The van der Waals surface area contributed by atoms with E-state index in [0.717, 1.165) is 58.2 Å². The summed E-state index contributed by atoms with van der Waals surface area (Å²) in [6.45, 7) is 7.10. The molecule has 2 aliphatic heterocycles. The van der Waals surface area contributed by atoms with E-state index in [9.17, 15) is 0 Å². The molecule has 0 aliphatic carbocycles. The lowest BCUT2D eigenvalue weighted by molar-refractivity contribution is 0.111. The molecular weight excluding hydrogens is 316 g/mol. The van der Waals surface area contributed by atoms with Gasteiger partial charge < -0.3 is 19.4 Å². The van der Waals surface area contributed by atoms with Crippen LogP contribution in [0.15, 0.2) is 12.4 Å². The summed E-state index contributed by atoms with van der Waals surface area (Å²) in [6.07, 6.45) is 5.44. The number of likely N-dealkylation sites (tertiary alicyclic amines) is 1. The first-order valence-corrected chi connectivity index (χ1v) is 9.21. The quantitative estimate of drug-likeness (QED) is 0.736. The predicted octanol–water partition coefficient (Wildman–Crippen LogP) is 0.379. The summed E-state index contributed by atoms with van der Waals surface area (Å²) in [6, 6.07) is 0.556. The maximum absolute atomic E-state index is 5.50. The van der Waals surface area contributed by atoms with Crippen LogP contribution in [0.2, 0.25) is 0 Å². The standard InChI is InChI=1S/C18H32N6O/c1-21-5-7-24(8-6-21)18-19-10-15(11-20-18)12-22(2)13-16-9-17(25-4)14-23(16)3/h10-11,16-17H,5-9,12-14H2,1-4H3/t16-,17-/m0/s1. The van der Waals surface area contributed by atoms with Gasteiger partial charge in [0.05, 0.1) is 6.10 Å². The van der Waals surface area contributed by atoms with Crippen LogP contribution in [0.3, 0.4) is 0 Å². The predicted molar refractivity (Wildman–Crippen MR) is 99.9 cm³/mol. The summed E-state index contributed by atoms with van der Waals surface area (Å²) >= 11 is 0. The maximum Gasteiger partial charge on any atom is 0.225 e. The number of piperazine rings is 1. The Bertz CT molecular complexity index is 531. The minimum absolute atomic E-state index is 0.370. The van der Waals surface area contributed by atoms with Crippen molar-refractivity contribution in [3.63, 3.8) is 0 Å². The Morgan fingerprint density at radius 1 is 1.16 bits per heavy atom. The van der Waals surface area contributed by atoms with Gasteiger partial charge in [-0.2, -0.15) is 0 Å². The molecular formula is C18H32N6O. The minimum Gasteiger partial charge on any atom is -0.380 e. The van der Waals surface area contributed by atoms with Gasteiger partial charge in [-0.1, -0.05) is 0 Å². The molecule has 0 amide bonds. The zero-order chi connectivity index (χ0) is 17.8. The molecule has 0 unspecified atom stereocenters. The monoisotopic (exact) mass is 348 g/mol. The van der Waals surface area contributed by atoms with Gasteiger partial charge in [0.2, 0.25) is 5.95 Å².